The molecule has 0 aliphatic carbocycles. The summed E-state index contributed by atoms with van der Waals surface area (Å²) in [7, 11) is 1.70. The number of piperidine rings is 1. The van der Waals surface area contributed by atoms with Crippen LogP contribution in [0, 0.1) is 11.8 Å². The van der Waals surface area contributed by atoms with Crippen LogP contribution < -0.4 is 5.32 Å². The first kappa shape index (κ1) is 14.0. The molecule has 5 nitrogen and oxygen atoms in total. The molecular formula is C14H21N3O2S. The molecule has 2 fully saturated rings. The van der Waals surface area contributed by atoms with Gasteiger partial charge < -0.3 is 10.1 Å². The second-order valence-corrected chi connectivity index (χ2v) is 6.61. The highest BCUT2D eigenvalue weighted by Gasteiger charge is 2.37. The van der Waals surface area contributed by atoms with Crippen molar-refractivity contribution in [2.24, 2.45) is 11.8 Å². The molecule has 2 saturated heterocycles. The van der Waals surface area contributed by atoms with Gasteiger partial charge in [0.2, 0.25) is 5.91 Å². The first-order valence-corrected chi connectivity index (χ1v) is 8.08. The number of thiazole rings is 1. The lowest BCUT2D eigenvalue weighted by molar-refractivity contribution is -0.138. The van der Waals surface area contributed by atoms with Crippen molar-refractivity contribution in [2.45, 2.75) is 25.5 Å². The third-order valence-corrected chi connectivity index (χ3v) is 5.07. The molecule has 0 unspecified atom stereocenters. The van der Waals surface area contributed by atoms with Crippen LogP contribution in [0.5, 0.6) is 0 Å². The van der Waals surface area contributed by atoms with Crippen LogP contribution in [0.15, 0.2) is 11.6 Å². The summed E-state index contributed by atoms with van der Waals surface area (Å²) in [6.07, 6.45) is 4.20. The molecule has 20 heavy (non-hydrogen) atoms. The molecule has 3 heterocycles. The first-order valence-electron chi connectivity index (χ1n) is 7.20. The van der Waals surface area contributed by atoms with Crippen molar-refractivity contribution < 1.29 is 9.53 Å². The molecule has 110 valence electrons. The quantitative estimate of drug-likeness (QED) is 0.908. The fourth-order valence-corrected chi connectivity index (χ4v) is 3.92. The van der Waals surface area contributed by atoms with Crippen LogP contribution in [0.2, 0.25) is 0 Å². The summed E-state index contributed by atoms with van der Waals surface area (Å²) in [5.41, 5.74) is 0. The summed E-state index contributed by atoms with van der Waals surface area (Å²) in [4.78, 5) is 18.6. The van der Waals surface area contributed by atoms with Gasteiger partial charge in [-0.25, -0.2) is 4.98 Å². The van der Waals surface area contributed by atoms with Crippen LogP contribution in [0.3, 0.4) is 0 Å². The Bertz CT molecular complexity index is 451. The summed E-state index contributed by atoms with van der Waals surface area (Å²) in [6, 6.07) is 0. The maximum Gasteiger partial charge on any atom is 0.225 e. The standard InChI is InChI=1S/C14H21N3O2S/c1-15-14(18)11-6-10-7-17(4-2-12(10)19-9-11)8-13-16-3-5-20-13/h3,5,10-12H,2,4,6-9H2,1H3,(H,15,18)/t10-,11-,12+/m1/s1. The molecule has 1 N–H and O–H groups in total. The highest BCUT2D eigenvalue weighted by Crippen LogP contribution is 2.32. The number of hydrogen-bond donors (Lipinski definition) is 1. The van der Waals surface area contributed by atoms with Crippen molar-refractivity contribution in [3.05, 3.63) is 16.6 Å². The topological polar surface area (TPSA) is 54.5 Å². The van der Waals surface area contributed by atoms with E-state index in [9.17, 15) is 4.79 Å². The van der Waals surface area contributed by atoms with Gasteiger partial charge in [0.25, 0.3) is 0 Å². The van der Waals surface area contributed by atoms with Crippen molar-refractivity contribution >= 4 is 17.2 Å². The lowest BCUT2D eigenvalue weighted by Gasteiger charge is -2.42. The summed E-state index contributed by atoms with van der Waals surface area (Å²) in [6.45, 7) is 3.57. The van der Waals surface area contributed by atoms with Crippen LogP contribution in [-0.4, -0.2) is 48.6 Å². The first-order chi connectivity index (χ1) is 9.76. The molecule has 0 radical (unpaired) electrons. The molecule has 0 saturated carbocycles. The van der Waals surface area contributed by atoms with Crippen molar-refractivity contribution in [2.75, 3.05) is 26.7 Å². The predicted octanol–water partition coefficient (Wildman–Crippen LogP) is 1.12. The van der Waals surface area contributed by atoms with E-state index in [0.717, 1.165) is 32.5 Å². The van der Waals surface area contributed by atoms with E-state index in [1.165, 1.54) is 5.01 Å². The third-order valence-electron chi connectivity index (χ3n) is 4.31. The number of carbonyl (C=O) groups excluding carboxylic acids is 1. The van der Waals surface area contributed by atoms with Gasteiger partial charge in [-0.1, -0.05) is 0 Å². The highest BCUT2D eigenvalue weighted by atomic mass is 32.1. The summed E-state index contributed by atoms with van der Waals surface area (Å²) in [5.74, 6) is 0.598. The number of fused-ring (bicyclic) bond motifs is 1. The van der Waals surface area contributed by atoms with E-state index in [0.29, 0.717) is 18.6 Å². The molecule has 1 amide bonds. The largest absolute Gasteiger partial charge is 0.377 e. The Labute approximate surface area is 123 Å². The summed E-state index contributed by atoms with van der Waals surface area (Å²) < 4.78 is 5.90. The zero-order chi connectivity index (χ0) is 13.9. The Morgan fingerprint density at radius 2 is 2.55 bits per heavy atom. The second-order valence-electron chi connectivity index (χ2n) is 5.63. The van der Waals surface area contributed by atoms with Gasteiger partial charge in [-0.15, -0.1) is 11.3 Å². The second kappa shape index (κ2) is 6.20. The van der Waals surface area contributed by atoms with Crippen LogP contribution in [0.25, 0.3) is 0 Å². The maximum absolute atomic E-state index is 11.8. The zero-order valence-electron chi connectivity index (χ0n) is 11.7. The maximum atomic E-state index is 11.8. The van der Waals surface area contributed by atoms with Crippen LogP contribution in [0.4, 0.5) is 0 Å². The molecule has 2 aliphatic heterocycles. The Hall–Kier alpha value is -0.980. The van der Waals surface area contributed by atoms with E-state index >= 15 is 0 Å². The number of likely N-dealkylation sites (tertiary alicyclic amines) is 1. The van der Waals surface area contributed by atoms with E-state index in [1.807, 2.05) is 11.6 Å². The van der Waals surface area contributed by atoms with Crippen LogP contribution >= 0.6 is 11.3 Å². The van der Waals surface area contributed by atoms with Crippen molar-refractivity contribution in [3.63, 3.8) is 0 Å². The van der Waals surface area contributed by atoms with Gasteiger partial charge >= 0.3 is 0 Å². The smallest absolute Gasteiger partial charge is 0.225 e. The Morgan fingerprint density at radius 3 is 3.30 bits per heavy atom. The van der Waals surface area contributed by atoms with Gasteiger partial charge in [0, 0.05) is 31.7 Å². The molecule has 2 aliphatic rings. The number of rotatable bonds is 3. The molecule has 0 aromatic carbocycles. The van der Waals surface area contributed by atoms with Gasteiger partial charge in [0.1, 0.15) is 5.01 Å². The number of amides is 1. The van der Waals surface area contributed by atoms with Gasteiger partial charge in [0.15, 0.2) is 0 Å². The molecule has 6 heteroatoms. The van der Waals surface area contributed by atoms with E-state index < -0.39 is 0 Å². The fraction of sp³-hybridized carbons (Fsp3) is 0.714. The zero-order valence-corrected chi connectivity index (χ0v) is 12.6. The van der Waals surface area contributed by atoms with Gasteiger partial charge in [-0.2, -0.15) is 0 Å². The van der Waals surface area contributed by atoms with E-state index in [2.05, 4.69) is 15.2 Å². The number of nitrogens with zero attached hydrogens (tertiary/aromatic N) is 2. The molecular weight excluding hydrogens is 274 g/mol. The molecule has 1 aromatic heterocycles. The normalized spacial score (nSPS) is 30.8. The Morgan fingerprint density at radius 1 is 1.65 bits per heavy atom. The molecule has 3 atom stereocenters. The molecule has 0 spiro atoms. The predicted molar refractivity (Wildman–Crippen MR) is 77.4 cm³/mol. The Kier molecular flexibility index (Phi) is 4.33. The molecule has 0 bridgehead atoms. The number of ether oxygens (including phenoxy) is 1. The monoisotopic (exact) mass is 295 g/mol. The average Bonchev–Trinajstić information content (AvgIpc) is 2.98. The van der Waals surface area contributed by atoms with Gasteiger partial charge in [-0.05, 0) is 18.8 Å². The van der Waals surface area contributed by atoms with Crippen molar-refractivity contribution in [3.8, 4) is 0 Å². The van der Waals surface area contributed by atoms with Gasteiger partial charge in [-0.3, -0.25) is 9.69 Å². The highest BCUT2D eigenvalue weighted by molar-refractivity contribution is 7.09. The summed E-state index contributed by atoms with van der Waals surface area (Å²) >= 11 is 1.71. The number of aromatic nitrogens is 1. The van der Waals surface area contributed by atoms with E-state index in [-0.39, 0.29) is 11.8 Å². The lowest BCUT2D eigenvalue weighted by Crippen LogP contribution is -2.49. The van der Waals surface area contributed by atoms with Crippen LogP contribution in [0.1, 0.15) is 17.8 Å². The third kappa shape index (κ3) is 3.02. The van der Waals surface area contributed by atoms with E-state index in [4.69, 9.17) is 4.74 Å². The van der Waals surface area contributed by atoms with E-state index in [1.54, 1.807) is 18.4 Å². The molecule has 3 rings (SSSR count). The minimum atomic E-state index is 0.0149. The summed E-state index contributed by atoms with van der Waals surface area (Å²) in [5, 5.41) is 5.93. The minimum absolute atomic E-state index is 0.0149. The lowest BCUT2D eigenvalue weighted by atomic mass is 9.83. The SMILES string of the molecule is CNC(=O)[C@H]1CO[C@H]2CCN(Cc3nccs3)C[C@H]2C1. The number of nitrogens with one attached hydrogen (secondary N) is 1. The van der Waals surface area contributed by atoms with Crippen molar-refractivity contribution in [1.82, 2.24) is 15.2 Å². The van der Waals surface area contributed by atoms with Crippen LogP contribution in [-0.2, 0) is 16.1 Å². The van der Waals surface area contributed by atoms with Crippen molar-refractivity contribution in [1.29, 1.82) is 0 Å². The number of hydrogen-bond acceptors (Lipinski definition) is 5. The Balaban J connectivity index is 1.58. The van der Waals surface area contributed by atoms with Gasteiger partial charge in [0.05, 0.1) is 25.2 Å². The number of carbonyl (C=O) groups is 1. The average molecular weight is 295 g/mol. The minimum Gasteiger partial charge on any atom is -0.377 e. The molecule has 1 aromatic rings. The fourth-order valence-electron chi connectivity index (χ4n) is 3.26.